The standard InChI is InChI=1S/C18H28O3/c1-4-18(19)16-9-11-17(12-10-16)21-14-8-6-5-7-13-20-15(2)3/h9-12,15H,4-8,13-14H2,1-3H3. The number of carbonyl (C=O) groups excluding carboxylic acids is 1. The maximum absolute atomic E-state index is 11.5. The second-order valence-electron chi connectivity index (χ2n) is 5.48. The number of hydrogen-bond acceptors (Lipinski definition) is 3. The van der Waals surface area contributed by atoms with Crippen LogP contribution in [0.25, 0.3) is 0 Å². The molecule has 0 fully saturated rings. The topological polar surface area (TPSA) is 35.5 Å². The molecule has 0 aliphatic heterocycles. The summed E-state index contributed by atoms with van der Waals surface area (Å²) in [5.41, 5.74) is 0.759. The van der Waals surface area contributed by atoms with E-state index < -0.39 is 0 Å². The number of carbonyl (C=O) groups is 1. The van der Waals surface area contributed by atoms with Crippen LogP contribution in [0.3, 0.4) is 0 Å². The molecule has 0 amide bonds. The fourth-order valence-electron chi connectivity index (χ4n) is 2.01. The third-order valence-corrected chi connectivity index (χ3v) is 3.26. The molecule has 3 heteroatoms. The Kier molecular flexibility index (Phi) is 8.76. The lowest BCUT2D eigenvalue weighted by Gasteiger charge is -2.08. The summed E-state index contributed by atoms with van der Waals surface area (Å²) in [4.78, 5) is 11.5. The van der Waals surface area contributed by atoms with Gasteiger partial charge in [-0.1, -0.05) is 13.3 Å². The molecule has 0 heterocycles. The van der Waals surface area contributed by atoms with Gasteiger partial charge in [0, 0.05) is 18.6 Å². The van der Waals surface area contributed by atoms with Gasteiger partial charge in [0.15, 0.2) is 5.78 Å². The quantitative estimate of drug-likeness (QED) is 0.440. The Labute approximate surface area is 128 Å². The van der Waals surface area contributed by atoms with Crippen molar-refractivity contribution in [3.8, 4) is 5.75 Å². The predicted octanol–water partition coefficient (Wildman–Crippen LogP) is 4.64. The summed E-state index contributed by atoms with van der Waals surface area (Å²) in [6.45, 7) is 7.58. The van der Waals surface area contributed by atoms with Crippen LogP contribution in [0.2, 0.25) is 0 Å². The van der Waals surface area contributed by atoms with Crippen molar-refractivity contribution in [1.82, 2.24) is 0 Å². The third kappa shape index (κ3) is 7.86. The van der Waals surface area contributed by atoms with Gasteiger partial charge < -0.3 is 9.47 Å². The van der Waals surface area contributed by atoms with E-state index >= 15 is 0 Å². The van der Waals surface area contributed by atoms with Crippen LogP contribution in [0, 0.1) is 0 Å². The molecule has 0 N–H and O–H groups in total. The van der Waals surface area contributed by atoms with E-state index in [1.807, 2.05) is 31.2 Å². The van der Waals surface area contributed by atoms with Crippen LogP contribution in [-0.2, 0) is 4.74 Å². The van der Waals surface area contributed by atoms with Crippen LogP contribution >= 0.6 is 0 Å². The number of Topliss-reactive ketones (excluding diaryl/α,β-unsaturated/α-hetero) is 1. The molecule has 1 rings (SSSR count). The number of benzene rings is 1. The van der Waals surface area contributed by atoms with Crippen molar-refractivity contribution in [2.24, 2.45) is 0 Å². The smallest absolute Gasteiger partial charge is 0.162 e. The zero-order valence-corrected chi connectivity index (χ0v) is 13.6. The van der Waals surface area contributed by atoms with Gasteiger partial charge in [-0.05, 0) is 57.4 Å². The largest absolute Gasteiger partial charge is 0.494 e. The monoisotopic (exact) mass is 292 g/mol. The number of rotatable bonds is 11. The maximum atomic E-state index is 11.5. The van der Waals surface area contributed by atoms with Crippen molar-refractivity contribution in [2.45, 2.75) is 59.0 Å². The summed E-state index contributed by atoms with van der Waals surface area (Å²) >= 11 is 0. The van der Waals surface area contributed by atoms with E-state index in [1.165, 1.54) is 6.42 Å². The maximum Gasteiger partial charge on any atom is 0.162 e. The lowest BCUT2D eigenvalue weighted by molar-refractivity contribution is 0.0755. The highest BCUT2D eigenvalue weighted by Crippen LogP contribution is 2.14. The zero-order chi connectivity index (χ0) is 15.5. The number of unbranched alkanes of at least 4 members (excludes halogenated alkanes) is 3. The van der Waals surface area contributed by atoms with Gasteiger partial charge in [-0.3, -0.25) is 4.79 Å². The van der Waals surface area contributed by atoms with Gasteiger partial charge in [0.1, 0.15) is 5.75 Å². The van der Waals surface area contributed by atoms with E-state index in [2.05, 4.69) is 13.8 Å². The average Bonchev–Trinajstić information content (AvgIpc) is 2.49. The Morgan fingerprint density at radius 1 is 1.00 bits per heavy atom. The molecule has 1 aromatic carbocycles. The lowest BCUT2D eigenvalue weighted by atomic mass is 10.1. The van der Waals surface area contributed by atoms with Crippen molar-refractivity contribution in [3.05, 3.63) is 29.8 Å². The number of hydrogen-bond donors (Lipinski definition) is 0. The van der Waals surface area contributed by atoms with Crippen LogP contribution in [0.4, 0.5) is 0 Å². The molecule has 0 unspecified atom stereocenters. The molecule has 0 aromatic heterocycles. The molecule has 0 radical (unpaired) electrons. The summed E-state index contributed by atoms with van der Waals surface area (Å²) in [5.74, 6) is 1.01. The van der Waals surface area contributed by atoms with Gasteiger partial charge >= 0.3 is 0 Å². The fraction of sp³-hybridized carbons (Fsp3) is 0.611. The summed E-state index contributed by atoms with van der Waals surface area (Å²) in [5, 5.41) is 0. The van der Waals surface area contributed by atoms with Crippen LogP contribution in [-0.4, -0.2) is 25.1 Å². The first-order valence-corrected chi connectivity index (χ1v) is 8.01. The summed E-state index contributed by atoms with van der Waals surface area (Å²) in [7, 11) is 0. The Morgan fingerprint density at radius 2 is 1.62 bits per heavy atom. The second-order valence-corrected chi connectivity index (χ2v) is 5.48. The van der Waals surface area contributed by atoms with E-state index in [-0.39, 0.29) is 5.78 Å². The molecule has 118 valence electrons. The molecule has 0 aliphatic carbocycles. The van der Waals surface area contributed by atoms with Gasteiger partial charge in [-0.15, -0.1) is 0 Å². The van der Waals surface area contributed by atoms with Crippen LogP contribution in [0.15, 0.2) is 24.3 Å². The highest BCUT2D eigenvalue weighted by Gasteiger charge is 2.02. The molecule has 0 saturated carbocycles. The summed E-state index contributed by atoms with van der Waals surface area (Å²) in [6, 6.07) is 7.42. The molecule has 21 heavy (non-hydrogen) atoms. The van der Waals surface area contributed by atoms with E-state index in [0.29, 0.717) is 12.5 Å². The Balaban J connectivity index is 2.09. The van der Waals surface area contributed by atoms with E-state index in [4.69, 9.17) is 9.47 Å². The van der Waals surface area contributed by atoms with Crippen molar-refractivity contribution in [3.63, 3.8) is 0 Å². The molecule has 3 nitrogen and oxygen atoms in total. The van der Waals surface area contributed by atoms with E-state index in [9.17, 15) is 4.79 Å². The van der Waals surface area contributed by atoms with Crippen LogP contribution in [0.1, 0.15) is 63.2 Å². The highest BCUT2D eigenvalue weighted by atomic mass is 16.5. The fourth-order valence-corrected chi connectivity index (χ4v) is 2.01. The minimum atomic E-state index is 0.171. The van der Waals surface area contributed by atoms with E-state index in [1.54, 1.807) is 0 Å². The summed E-state index contributed by atoms with van der Waals surface area (Å²) < 4.78 is 11.2. The first kappa shape index (κ1) is 17.7. The van der Waals surface area contributed by atoms with Crippen molar-refractivity contribution in [1.29, 1.82) is 0 Å². The SMILES string of the molecule is CCC(=O)c1ccc(OCCCCCCOC(C)C)cc1. The minimum Gasteiger partial charge on any atom is -0.494 e. The molecule has 0 saturated heterocycles. The number of ketones is 1. The molecule has 0 spiro atoms. The van der Waals surface area contributed by atoms with Crippen LogP contribution < -0.4 is 4.74 Å². The Bertz CT molecular complexity index is 395. The average molecular weight is 292 g/mol. The summed E-state index contributed by atoms with van der Waals surface area (Å²) in [6.07, 6.45) is 5.38. The predicted molar refractivity (Wildman–Crippen MR) is 86.1 cm³/mol. The minimum absolute atomic E-state index is 0.171. The zero-order valence-electron chi connectivity index (χ0n) is 13.6. The number of ether oxygens (including phenoxy) is 2. The molecular formula is C18H28O3. The third-order valence-electron chi connectivity index (χ3n) is 3.26. The van der Waals surface area contributed by atoms with Crippen LogP contribution in [0.5, 0.6) is 5.75 Å². The van der Waals surface area contributed by atoms with Crippen molar-refractivity contribution < 1.29 is 14.3 Å². The van der Waals surface area contributed by atoms with Crippen molar-refractivity contribution >= 4 is 5.78 Å². The molecule has 0 bridgehead atoms. The normalized spacial score (nSPS) is 10.9. The molecular weight excluding hydrogens is 264 g/mol. The molecule has 0 aliphatic rings. The Hall–Kier alpha value is -1.35. The first-order chi connectivity index (χ1) is 10.1. The first-order valence-electron chi connectivity index (χ1n) is 8.01. The lowest BCUT2D eigenvalue weighted by Crippen LogP contribution is -2.04. The van der Waals surface area contributed by atoms with Gasteiger partial charge in [0.05, 0.1) is 12.7 Å². The van der Waals surface area contributed by atoms with Crippen molar-refractivity contribution in [2.75, 3.05) is 13.2 Å². The molecule has 0 atom stereocenters. The van der Waals surface area contributed by atoms with Gasteiger partial charge in [-0.25, -0.2) is 0 Å². The van der Waals surface area contributed by atoms with E-state index in [0.717, 1.165) is 43.8 Å². The van der Waals surface area contributed by atoms with Gasteiger partial charge in [0.25, 0.3) is 0 Å². The molecule has 1 aromatic rings. The highest BCUT2D eigenvalue weighted by molar-refractivity contribution is 5.95. The van der Waals surface area contributed by atoms with Gasteiger partial charge in [0.2, 0.25) is 0 Å². The Morgan fingerprint density at radius 3 is 2.19 bits per heavy atom. The second kappa shape index (κ2) is 10.4. The van der Waals surface area contributed by atoms with Gasteiger partial charge in [-0.2, -0.15) is 0 Å².